The SMILES string of the molecule is Cn1nnnc1Sc1ccc([N+](=O)[O-])cc1C(=O)Nc1ccc(C(C)(C)CO)cc1. The highest BCUT2D eigenvalue weighted by Crippen LogP contribution is 2.32. The van der Waals surface area contributed by atoms with Crippen LogP contribution in [0.3, 0.4) is 0 Å². The molecule has 3 aromatic rings. The lowest BCUT2D eigenvalue weighted by molar-refractivity contribution is -0.384. The molecule has 10 nitrogen and oxygen atoms in total. The van der Waals surface area contributed by atoms with E-state index in [4.69, 9.17) is 0 Å². The third-order valence-corrected chi connectivity index (χ3v) is 5.62. The molecule has 2 N–H and O–H groups in total. The Bertz CT molecular complexity index is 1080. The normalized spacial score (nSPS) is 11.3. The Labute approximate surface area is 176 Å². The lowest BCUT2D eigenvalue weighted by atomic mass is 9.85. The molecule has 11 heteroatoms. The van der Waals surface area contributed by atoms with Crippen molar-refractivity contribution in [3.8, 4) is 0 Å². The standard InChI is InChI=1S/C19H20N6O4S/c1-19(2,11-26)12-4-6-13(7-5-12)20-17(27)15-10-14(25(28)29)8-9-16(15)30-18-21-22-23-24(18)3/h4-10,26H,11H2,1-3H3,(H,20,27). The Hall–Kier alpha value is -3.31. The van der Waals surface area contributed by atoms with Crippen LogP contribution in [0.25, 0.3) is 0 Å². The monoisotopic (exact) mass is 428 g/mol. The van der Waals surface area contributed by atoms with Crippen LogP contribution >= 0.6 is 11.8 Å². The highest BCUT2D eigenvalue weighted by molar-refractivity contribution is 7.99. The Morgan fingerprint density at radius 1 is 1.27 bits per heavy atom. The van der Waals surface area contributed by atoms with Crippen molar-refractivity contribution in [2.75, 3.05) is 11.9 Å². The van der Waals surface area contributed by atoms with E-state index in [9.17, 15) is 20.0 Å². The first-order chi connectivity index (χ1) is 14.2. The molecule has 1 heterocycles. The molecule has 0 saturated carbocycles. The fourth-order valence-electron chi connectivity index (χ4n) is 2.60. The molecule has 0 atom stereocenters. The van der Waals surface area contributed by atoms with Gasteiger partial charge in [0.05, 0.1) is 17.1 Å². The van der Waals surface area contributed by atoms with E-state index in [1.807, 2.05) is 26.0 Å². The predicted molar refractivity (Wildman–Crippen MR) is 111 cm³/mol. The number of carbonyl (C=O) groups excluding carboxylic acids is 1. The number of anilines is 1. The van der Waals surface area contributed by atoms with Gasteiger partial charge >= 0.3 is 0 Å². The van der Waals surface area contributed by atoms with Crippen molar-refractivity contribution in [1.82, 2.24) is 20.2 Å². The number of aromatic nitrogens is 4. The molecule has 2 aromatic carbocycles. The van der Waals surface area contributed by atoms with Gasteiger partial charge in [0.15, 0.2) is 0 Å². The second-order valence-corrected chi connectivity index (χ2v) is 8.21. The summed E-state index contributed by atoms with van der Waals surface area (Å²) in [6.45, 7) is 3.81. The minimum Gasteiger partial charge on any atom is -0.395 e. The molecule has 30 heavy (non-hydrogen) atoms. The summed E-state index contributed by atoms with van der Waals surface area (Å²) in [7, 11) is 1.66. The summed E-state index contributed by atoms with van der Waals surface area (Å²) < 4.78 is 1.44. The molecule has 0 aliphatic rings. The van der Waals surface area contributed by atoms with E-state index in [2.05, 4.69) is 20.8 Å². The number of non-ortho nitro benzene ring substituents is 1. The van der Waals surface area contributed by atoms with Gasteiger partial charge in [-0.25, -0.2) is 4.68 Å². The summed E-state index contributed by atoms with van der Waals surface area (Å²) >= 11 is 1.13. The summed E-state index contributed by atoms with van der Waals surface area (Å²) in [5, 5.41) is 35.1. The Kier molecular flexibility index (Phi) is 6.13. The molecular formula is C19H20N6O4S. The largest absolute Gasteiger partial charge is 0.395 e. The smallest absolute Gasteiger partial charge is 0.270 e. The van der Waals surface area contributed by atoms with Crippen molar-refractivity contribution >= 4 is 29.0 Å². The maximum atomic E-state index is 12.9. The second-order valence-electron chi connectivity index (χ2n) is 7.20. The summed E-state index contributed by atoms with van der Waals surface area (Å²) in [5.74, 6) is -0.495. The molecule has 0 spiro atoms. The number of hydrogen-bond donors (Lipinski definition) is 2. The van der Waals surface area contributed by atoms with E-state index < -0.39 is 16.2 Å². The minimum absolute atomic E-state index is 0.0100. The predicted octanol–water partition coefficient (Wildman–Crippen LogP) is 2.79. The first-order valence-corrected chi connectivity index (χ1v) is 9.74. The fraction of sp³-hybridized carbons (Fsp3) is 0.263. The summed E-state index contributed by atoms with van der Waals surface area (Å²) in [6.07, 6.45) is 0. The molecule has 156 valence electrons. The van der Waals surface area contributed by atoms with E-state index in [0.29, 0.717) is 15.7 Å². The van der Waals surface area contributed by atoms with Crippen LogP contribution in [0.1, 0.15) is 29.8 Å². The van der Waals surface area contributed by atoms with Gasteiger partial charge in [-0.15, -0.1) is 5.10 Å². The summed E-state index contributed by atoms with van der Waals surface area (Å²) in [6, 6.07) is 11.1. The van der Waals surface area contributed by atoms with Gasteiger partial charge in [0.1, 0.15) is 0 Å². The number of carbonyl (C=O) groups is 1. The van der Waals surface area contributed by atoms with Crippen LogP contribution in [0.15, 0.2) is 52.5 Å². The van der Waals surface area contributed by atoms with Crippen LogP contribution in [0.5, 0.6) is 0 Å². The molecule has 0 saturated heterocycles. The molecule has 0 bridgehead atoms. The van der Waals surface area contributed by atoms with Crippen LogP contribution in [0.2, 0.25) is 0 Å². The van der Waals surface area contributed by atoms with Gasteiger partial charge in [0.25, 0.3) is 11.6 Å². The third-order valence-electron chi connectivity index (χ3n) is 4.52. The zero-order valence-corrected chi connectivity index (χ0v) is 17.4. The summed E-state index contributed by atoms with van der Waals surface area (Å²) in [4.78, 5) is 24.0. The highest BCUT2D eigenvalue weighted by atomic mass is 32.2. The number of nitrogens with zero attached hydrogens (tertiary/aromatic N) is 5. The number of aliphatic hydroxyl groups excluding tert-OH is 1. The highest BCUT2D eigenvalue weighted by Gasteiger charge is 2.21. The maximum Gasteiger partial charge on any atom is 0.270 e. The van der Waals surface area contributed by atoms with Crippen molar-refractivity contribution in [3.05, 3.63) is 63.7 Å². The third kappa shape index (κ3) is 4.63. The molecular weight excluding hydrogens is 408 g/mol. The van der Waals surface area contributed by atoms with Crippen LogP contribution < -0.4 is 5.32 Å². The first-order valence-electron chi connectivity index (χ1n) is 8.92. The average Bonchev–Trinajstić information content (AvgIpc) is 3.13. The second kappa shape index (κ2) is 8.59. The molecule has 3 rings (SSSR count). The van der Waals surface area contributed by atoms with Crippen LogP contribution in [0.4, 0.5) is 11.4 Å². The topological polar surface area (TPSA) is 136 Å². The van der Waals surface area contributed by atoms with Crippen LogP contribution in [0, 0.1) is 10.1 Å². The van der Waals surface area contributed by atoms with Crippen molar-refractivity contribution in [3.63, 3.8) is 0 Å². The van der Waals surface area contributed by atoms with Gasteiger partial charge in [0, 0.05) is 35.2 Å². The van der Waals surface area contributed by atoms with Gasteiger partial charge in [-0.3, -0.25) is 14.9 Å². The lowest BCUT2D eigenvalue weighted by Crippen LogP contribution is -2.22. The van der Waals surface area contributed by atoms with Crippen molar-refractivity contribution in [2.24, 2.45) is 7.05 Å². The Balaban J connectivity index is 1.89. The number of nitro groups is 1. The molecule has 0 unspecified atom stereocenters. The zero-order valence-electron chi connectivity index (χ0n) is 16.6. The number of rotatable bonds is 7. The maximum absolute atomic E-state index is 12.9. The van der Waals surface area contributed by atoms with E-state index in [1.54, 1.807) is 19.2 Å². The lowest BCUT2D eigenvalue weighted by Gasteiger charge is -2.22. The van der Waals surface area contributed by atoms with Crippen molar-refractivity contribution in [1.29, 1.82) is 0 Å². The van der Waals surface area contributed by atoms with Crippen molar-refractivity contribution in [2.45, 2.75) is 29.3 Å². The molecule has 0 fully saturated rings. The van der Waals surface area contributed by atoms with E-state index in [-0.39, 0.29) is 17.9 Å². The molecule has 1 aromatic heterocycles. The number of hydrogen-bond acceptors (Lipinski definition) is 8. The fourth-order valence-corrected chi connectivity index (χ4v) is 3.44. The first kappa shape index (κ1) is 21.4. The molecule has 0 radical (unpaired) electrons. The number of benzene rings is 2. The Morgan fingerprint density at radius 3 is 2.53 bits per heavy atom. The van der Waals surface area contributed by atoms with Gasteiger partial charge in [-0.1, -0.05) is 26.0 Å². The quantitative estimate of drug-likeness (QED) is 0.433. The van der Waals surface area contributed by atoms with E-state index in [1.165, 1.54) is 22.9 Å². The minimum atomic E-state index is -0.555. The number of aliphatic hydroxyl groups is 1. The molecule has 0 aliphatic heterocycles. The van der Waals surface area contributed by atoms with Gasteiger partial charge in [-0.2, -0.15) is 0 Å². The number of amides is 1. The molecule has 1 amide bonds. The van der Waals surface area contributed by atoms with E-state index in [0.717, 1.165) is 17.3 Å². The van der Waals surface area contributed by atoms with Gasteiger partial charge < -0.3 is 10.4 Å². The Morgan fingerprint density at radius 2 is 1.97 bits per heavy atom. The van der Waals surface area contributed by atoms with Gasteiger partial charge in [-0.05, 0) is 46.0 Å². The zero-order chi connectivity index (χ0) is 21.9. The van der Waals surface area contributed by atoms with Crippen LogP contribution in [-0.4, -0.2) is 42.8 Å². The van der Waals surface area contributed by atoms with Gasteiger partial charge in [0.2, 0.25) is 5.16 Å². The number of nitrogens with one attached hydrogen (secondary N) is 1. The number of tetrazole rings is 1. The average molecular weight is 428 g/mol. The van der Waals surface area contributed by atoms with E-state index >= 15 is 0 Å². The van der Waals surface area contributed by atoms with Crippen molar-refractivity contribution < 1.29 is 14.8 Å². The summed E-state index contributed by atoms with van der Waals surface area (Å²) in [5.41, 5.74) is 0.985. The molecule has 0 aliphatic carbocycles. The number of nitro benzene ring substituents is 1. The van der Waals surface area contributed by atoms with Crippen LogP contribution in [-0.2, 0) is 12.5 Å². The number of aryl methyl sites for hydroxylation is 1.